The molecule has 37 heavy (non-hydrogen) atoms. The fourth-order valence-electron chi connectivity index (χ4n) is 4.88. The first-order valence-corrected chi connectivity index (χ1v) is 12.6. The number of morpholine rings is 1. The van der Waals surface area contributed by atoms with Crippen molar-refractivity contribution in [1.82, 2.24) is 20.2 Å². The summed E-state index contributed by atoms with van der Waals surface area (Å²) in [5, 5.41) is 6.40. The van der Waals surface area contributed by atoms with Gasteiger partial charge in [-0.1, -0.05) is 0 Å². The SMILES string of the molecule is CCNC(=O)N1CCN(c2nc3cc(F)cc(F)c3c(Nc3cncc(N4CCOCC4)c3)c2C)CC1. The van der Waals surface area contributed by atoms with E-state index in [2.05, 4.69) is 30.4 Å². The van der Waals surface area contributed by atoms with E-state index in [1.807, 2.05) is 19.9 Å². The fraction of sp³-hybridized carbons (Fsp3) is 0.423. The van der Waals surface area contributed by atoms with Crippen LogP contribution in [-0.4, -0.2) is 79.9 Å². The molecule has 9 nitrogen and oxygen atoms in total. The van der Waals surface area contributed by atoms with E-state index >= 15 is 4.39 Å². The van der Waals surface area contributed by atoms with Gasteiger partial charge in [0.2, 0.25) is 0 Å². The van der Waals surface area contributed by atoms with E-state index in [4.69, 9.17) is 4.74 Å². The topological polar surface area (TPSA) is 85.9 Å². The molecule has 2 aliphatic heterocycles. The number of nitrogens with one attached hydrogen (secondary N) is 2. The first-order valence-electron chi connectivity index (χ1n) is 12.6. The zero-order chi connectivity index (χ0) is 25.9. The molecule has 11 heteroatoms. The molecule has 2 fully saturated rings. The third-order valence-electron chi connectivity index (χ3n) is 6.78. The molecular formula is C26H31F2N7O2. The summed E-state index contributed by atoms with van der Waals surface area (Å²) in [6, 6.07) is 4.00. The Bertz CT molecular complexity index is 1290. The lowest BCUT2D eigenvalue weighted by Gasteiger charge is -2.36. The Morgan fingerprint density at radius 1 is 1.03 bits per heavy atom. The number of nitrogens with zero attached hydrogens (tertiary/aromatic N) is 5. The third-order valence-corrected chi connectivity index (χ3v) is 6.78. The van der Waals surface area contributed by atoms with Crippen molar-refractivity contribution >= 4 is 39.8 Å². The number of ether oxygens (including phenoxy) is 1. The van der Waals surface area contributed by atoms with Crippen molar-refractivity contribution < 1.29 is 18.3 Å². The maximum absolute atomic E-state index is 15.1. The van der Waals surface area contributed by atoms with E-state index in [1.165, 1.54) is 6.07 Å². The summed E-state index contributed by atoms with van der Waals surface area (Å²) in [5.41, 5.74) is 3.11. The molecule has 3 aromatic rings. The zero-order valence-electron chi connectivity index (χ0n) is 21.1. The van der Waals surface area contributed by atoms with Crippen molar-refractivity contribution in [2.75, 3.05) is 74.1 Å². The number of carbonyl (C=O) groups excluding carboxylic acids is 1. The monoisotopic (exact) mass is 511 g/mol. The number of fused-ring (bicyclic) bond motifs is 1. The number of benzene rings is 1. The lowest BCUT2D eigenvalue weighted by atomic mass is 10.1. The van der Waals surface area contributed by atoms with Crippen molar-refractivity contribution in [2.45, 2.75) is 13.8 Å². The molecule has 0 saturated carbocycles. The van der Waals surface area contributed by atoms with E-state index in [9.17, 15) is 9.18 Å². The van der Waals surface area contributed by atoms with Gasteiger partial charge in [0.25, 0.3) is 0 Å². The number of urea groups is 1. The minimum absolute atomic E-state index is 0.0931. The molecular weight excluding hydrogens is 480 g/mol. The van der Waals surface area contributed by atoms with Crippen LogP contribution in [0.3, 0.4) is 0 Å². The van der Waals surface area contributed by atoms with E-state index in [0.29, 0.717) is 63.1 Å². The molecule has 2 saturated heterocycles. The second kappa shape index (κ2) is 10.7. The molecule has 0 spiro atoms. The van der Waals surface area contributed by atoms with Gasteiger partial charge in [-0.3, -0.25) is 4.98 Å². The molecule has 0 aliphatic carbocycles. The highest BCUT2D eigenvalue weighted by Gasteiger charge is 2.25. The predicted octanol–water partition coefficient (Wildman–Crippen LogP) is 3.65. The molecule has 5 rings (SSSR count). The smallest absolute Gasteiger partial charge is 0.317 e. The number of halogens is 2. The molecule has 2 aromatic heterocycles. The average molecular weight is 512 g/mol. The number of aromatic nitrogens is 2. The Balaban J connectivity index is 1.49. The van der Waals surface area contributed by atoms with Gasteiger partial charge in [0.05, 0.1) is 53.6 Å². The molecule has 1 aromatic carbocycles. The molecule has 2 amide bonds. The van der Waals surface area contributed by atoms with Gasteiger partial charge in [0, 0.05) is 63.5 Å². The molecule has 4 heterocycles. The quantitative estimate of drug-likeness (QED) is 0.541. The highest BCUT2D eigenvalue weighted by atomic mass is 19.1. The second-order valence-corrected chi connectivity index (χ2v) is 9.18. The number of amides is 2. The minimum Gasteiger partial charge on any atom is -0.378 e. The van der Waals surface area contributed by atoms with Gasteiger partial charge < -0.3 is 30.1 Å². The molecule has 196 valence electrons. The summed E-state index contributed by atoms with van der Waals surface area (Å²) in [6.07, 6.45) is 3.48. The van der Waals surface area contributed by atoms with Crippen LogP contribution in [-0.2, 0) is 4.74 Å². The van der Waals surface area contributed by atoms with E-state index < -0.39 is 11.6 Å². The largest absolute Gasteiger partial charge is 0.378 e. The highest BCUT2D eigenvalue weighted by molar-refractivity contribution is 5.97. The lowest BCUT2D eigenvalue weighted by Crippen LogP contribution is -2.52. The summed E-state index contributed by atoms with van der Waals surface area (Å²) in [4.78, 5) is 27.3. The third kappa shape index (κ3) is 5.22. The van der Waals surface area contributed by atoms with Crippen LogP contribution in [0, 0.1) is 18.6 Å². The van der Waals surface area contributed by atoms with Gasteiger partial charge in [-0.15, -0.1) is 0 Å². The Morgan fingerprint density at radius 2 is 1.78 bits per heavy atom. The maximum Gasteiger partial charge on any atom is 0.317 e. The number of hydrogen-bond donors (Lipinski definition) is 2. The average Bonchev–Trinajstić information content (AvgIpc) is 2.91. The zero-order valence-corrected chi connectivity index (χ0v) is 21.1. The van der Waals surface area contributed by atoms with Gasteiger partial charge in [0.1, 0.15) is 17.5 Å². The molecule has 0 radical (unpaired) electrons. The van der Waals surface area contributed by atoms with Gasteiger partial charge >= 0.3 is 6.03 Å². The van der Waals surface area contributed by atoms with Crippen LogP contribution in [0.5, 0.6) is 0 Å². The van der Waals surface area contributed by atoms with Crippen LogP contribution >= 0.6 is 0 Å². The summed E-state index contributed by atoms with van der Waals surface area (Å²) in [5.74, 6) is -0.735. The molecule has 0 bridgehead atoms. The van der Waals surface area contributed by atoms with Crippen LogP contribution in [0.2, 0.25) is 0 Å². The Labute approximate surface area is 214 Å². The Kier molecular flexibility index (Phi) is 7.22. The normalized spacial score (nSPS) is 16.3. The summed E-state index contributed by atoms with van der Waals surface area (Å²) >= 11 is 0. The number of anilines is 4. The first-order chi connectivity index (χ1) is 17.9. The van der Waals surface area contributed by atoms with E-state index in [0.717, 1.165) is 30.4 Å². The van der Waals surface area contributed by atoms with Crippen molar-refractivity contribution in [3.05, 3.63) is 47.8 Å². The molecule has 0 atom stereocenters. The lowest BCUT2D eigenvalue weighted by molar-refractivity contribution is 0.122. The molecule has 0 unspecified atom stereocenters. The Hall–Kier alpha value is -3.73. The van der Waals surface area contributed by atoms with Gasteiger partial charge in [-0.05, 0) is 19.9 Å². The minimum atomic E-state index is -0.685. The predicted molar refractivity (Wildman–Crippen MR) is 140 cm³/mol. The molecule has 2 N–H and O–H groups in total. The summed E-state index contributed by atoms with van der Waals surface area (Å²) in [7, 11) is 0. The van der Waals surface area contributed by atoms with Crippen molar-refractivity contribution in [2.24, 2.45) is 0 Å². The van der Waals surface area contributed by atoms with Gasteiger partial charge in [0.15, 0.2) is 0 Å². The number of hydrogen-bond acceptors (Lipinski definition) is 7. The number of piperazine rings is 1. The Morgan fingerprint density at radius 3 is 2.51 bits per heavy atom. The van der Waals surface area contributed by atoms with E-state index in [1.54, 1.807) is 17.3 Å². The van der Waals surface area contributed by atoms with Crippen molar-refractivity contribution in [1.29, 1.82) is 0 Å². The molecule has 2 aliphatic rings. The number of carbonyl (C=O) groups is 1. The van der Waals surface area contributed by atoms with Crippen LogP contribution < -0.4 is 20.4 Å². The van der Waals surface area contributed by atoms with Crippen molar-refractivity contribution in [3.8, 4) is 0 Å². The van der Waals surface area contributed by atoms with Crippen molar-refractivity contribution in [3.63, 3.8) is 0 Å². The first kappa shape index (κ1) is 24.9. The van der Waals surface area contributed by atoms with Crippen LogP contribution in [0.25, 0.3) is 10.9 Å². The fourth-order valence-corrected chi connectivity index (χ4v) is 4.88. The maximum atomic E-state index is 15.1. The number of rotatable bonds is 5. The second-order valence-electron chi connectivity index (χ2n) is 9.18. The van der Waals surface area contributed by atoms with Gasteiger partial charge in [-0.25, -0.2) is 18.6 Å². The van der Waals surface area contributed by atoms with Crippen LogP contribution in [0.1, 0.15) is 12.5 Å². The van der Waals surface area contributed by atoms with Crippen LogP contribution in [0.4, 0.5) is 36.5 Å². The van der Waals surface area contributed by atoms with Crippen LogP contribution in [0.15, 0.2) is 30.6 Å². The highest BCUT2D eigenvalue weighted by Crippen LogP contribution is 2.37. The standard InChI is InChI=1S/C26H31F2N7O2/c1-3-30-26(36)35-6-4-34(5-7-35)25-17(2)24(23-21(28)12-18(27)13-22(23)32-25)31-19-14-20(16-29-15-19)33-8-10-37-11-9-33/h12-16H,3-11H2,1-2H3,(H,30,36)(H,31,32). The summed E-state index contributed by atoms with van der Waals surface area (Å²) < 4.78 is 34.8. The van der Waals surface area contributed by atoms with E-state index in [-0.39, 0.29) is 16.9 Å². The summed E-state index contributed by atoms with van der Waals surface area (Å²) in [6.45, 7) is 9.33. The number of pyridine rings is 2. The van der Waals surface area contributed by atoms with Gasteiger partial charge in [-0.2, -0.15) is 0 Å².